The molecule has 72 valence electrons. The summed E-state index contributed by atoms with van der Waals surface area (Å²) in [4.78, 5) is 8.49. The van der Waals surface area contributed by atoms with Crippen LogP contribution < -0.4 is 10.9 Å². The lowest BCUT2D eigenvalue weighted by molar-refractivity contribution is 0.965. The fraction of sp³-hybridized carbons (Fsp3) is 0.111. The molecule has 0 saturated heterocycles. The second kappa shape index (κ2) is 3.77. The van der Waals surface area contributed by atoms with E-state index in [1.165, 1.54) is 0 Å². The Morgan fingerprint density at radius 1 is 1.14 bits per heavy atom. The van der Waals surface area contributed by atoms with E-state index in [1.807, 2.05) is 24.3 Å². The van der Waals surface area contributed by atoms with Gasteiger partial charge in [0.15, 0.2) is 11.0 Å². The summed E-state index contributed by atoms with van der Waals surface area (Å²) in [7, 11) is 1.74. The first-order chi connectivity index (χ1) is 6.81. The molecule has 2 aromatic rings. The summed E-state index contributed by atoms with van der Waals surface area (Å²) in [6, 6.07) is 7.57. The molecule has 0 aliphatic rings. The highest BCUT2D eigenvalue weighted by Crippen LogP contribution is 2.19. The number of anilines is 1. The van der Waals surface area contributed by atoms with E-state index in [1.54, 1.807) is 7.05 Å². The number of nitrogens with one attached hydrogen (secondary N) is 2. The second-order valence-corrected chi connectivity index (χ2v) is 3.08. The van der Waals surface area contributed by atoms with Crippen molar-refractivity contribution in [1.82, 2.24) is 15.4 Å². The average Bonchev–Trinajstić information content (AvgIpc) is 2.19. The number of benzene rings is 1. The molecule has 14 heavy (non-hydrogen) atoms. The van der Waals surface area contributed by atoms with Crippen LogP contribution in [0.1, 0.15) is 0 Å². The van der Waals surface area contributed by atoms with Crippen LogP contribution in [0.15, 0.2) is 24.3 Å². The number of rotatable bonds is 2. The Bertz CT molecular complexity index is 458. The smallest absolute Gasteiger partial charge is 0.178 e. The normalized spacial score (nSPS) is 10.4. The van der Waals surface area contributed by atoms with E-state index in [2.05, 4.69) is 20.8 Å². The van der Waals surface area contributed by atoms with Crippen molar-refractivity contribution in [2.45, 2.75) is 0 Å². The van der Waals surface area contributed by atoms with E-state index in [0.717, 1.165) is 11.0 Å². The SMILES string of the molecule is CNNc1nc2ccccc2nc1Cl. The Balaban J connectivity index is 2.59. The van der Waals surface area contributed by atoms with Gasteiger partial charge in [-0.2, -0.15) is 0 Å². The van der Waals surface area contributed by atoms with Crippen molar-refractivity contribution in [3.05, 3.63) is 29.4 Å². The Morgan fingerprint density at radius 3 is 2.43 bits per heavy atom. The molecule has 0 unspecified atom stereocenters. The topological polar surface area (TPSA) is 49.8 Å². The number of hydrogen-bond donors (Lipinski definition) is 2. The third kappa shape index (κ3) is 1.62. The zero-order chi connectivity index (χ0) is 9.97. The second-order valence-electron chi connectivity index (χ2n) is 2.73. The number of aromatic nitrogens is 2. The molecule has 4 nitrogen and oxygen atoms in total. The highest BCUT2D eigenvalue weighted by molar-refractivity contribution is 6.32. The number of hydrazine groups is 1. The lowest BCUT2D eigenvalue weighted by Crippen LogP contribution is -2.16. The minimum absolute atomic E-state index is 0.359. The van der Waals surface area contributed by atoms with Gasteiger partial charge in [0.25, 0.3) is 0 Å². The zero-order valence-electron chi connectivity index (χ0n) is 7.58. The summed E-state index contributed by atoms with van der Waals surface area (Å²) in [6.07, 6.45) is 0. The molecule has 0 aliphatic heterocycles. The highest BCUT2D eigenvalue weighted by atomic mass is 35.5. The lowest BCUT2D eigenvalue weighted by atomic mass is 10.3. The van der Waals surface area contributed by atoms with Crippen LogP contribution in [0.2, 0.25) is 5.15 Å². The number of halogens is 1. The molecule has 0 aliphatic carbocycles. The molecule has 1 aromatic carbocycles. The summed E-state index contributed by atoms with van der Waals surface area (Å²) >= 11 is 5.91. The molecule has 0 atom stereocenters. The van der Waals surface area contributed by atoms with Gasteiger partial charge < -0.3 is 5.43 Å². The van der Waals surface area contributed by atoms with Gasteiger partial charge in [-0.1, -0.05) is 23.7 Å². The van der Waals surface area contributed by atoms with Crippen LogP contribution in [0, 0.1) is 0 Å². The maximum Gasteiger partial charge on any atom is 0.178 e. The van der Waals surface area contributed by atoms with Gasteiger partial charge in [0.2, 0.25) is 0 Å². The molecule has 5 heteroatoms. The van der Waals surface area contributed by atoms with E-state index in [0.29, 0.717) is 11.0 Å². The van der Waals surface area contributed by atoms with E-state index in [4.69, 9.17) is 11.6 Å². The standard InChI is InChI=1S/C9H9ClN4/c1-11-14-9-8(10)12-6-4-2-3-5-7(6)13-9/h2-5,11H,1H3,(H,13,14). The molecule has 2 N–H and O–H groups in total. The van der Waals surface area contributed by atoms with Crippen LogP contribution >= 0.6 is 11.6 Å². The molecule has 0 bridgehead atoms. The van der Waals surface area contributed by atoms with Crippen molar-refractivity contribution in [1.29, 1.82) is 0 Å². The predicted octanol–water partition coefficient (Wildman–Crippen LogP) is 1.83. The fourth-order valence-corrected chi connectivity index (χ4v) is 1.36. The lowest BCUT2D eigenvalue weighted by Gasteiger charge is -2.05. The van der Waals surface area contributed by atoms with E-state index in [9.17, 15) is 0 Å². The third-order valence-electron chi connectivity index (χ3n) is 1.77. The first-order valence-corrected chi connectivity index (χ1v) is 4.54. The van der Waals surface area contributed by atoms with Crippen LogP contribution in [0.3, 0.4) is 0 Å². The number of para-hydroxylation sites is 2. The van der Waals surface area contributed by atoms with Gasteiger partial charge in [-0.3, -0.25) is 0 Å². The van der Waals surface area contributed by atoms with Gasteiger partial charge in [0.05, 0.1) is 11.0 Å². The molecule has 0 radical (unpaired) electrons. The van der Waals surface area contributed by atoms with Crippen LogP contribution in [0.4, 0.5) is 5.82 Å². The largest absolute Gasteiger partial charge is 0.303 e. The third-order valence-corrected chi connectivity index (χ3v) is 2.03. The van der Waals surface area contributed by atoms with Gasteiger partial charge in [-0.05, 0) is 12.1 Å². The van der Waals surface area contributed by atoms with Crippen LogP contribution in [-0.4, -0.2) is 17.0 Å². The molecule has 0 fully saturated rings. The first kappa shape index (κ1) is 9.18. The number of nitrogens with zero attached hydrogens (tertiary/aromatic N) is 2. The monoisotopic (exact) mass is 208 g/mol. The molecule has 2 rings (SSSR count). The van der Waals surface area contributed by atoms with Crippen molar-refractivity contribution in [2.24, 2.45) is 0 Å². The average molecular weight is 209 g/mol. The van der Waals surface area contributed by atoms with Gasteiger partial charge in [0, 0.05) is 7.05 Å². The minimum atomic E-state index is 0.359. The van der Waals surface area contributed by atoms with Crippen molar-refractivity contribution in [3.63, 3.8) is 0 Å². The van der Waals surface area contributed by atoms with Crippen LogP contribution in [-0.2, 0) is 0 Å². The Labute approximate surface area is 86.3 Å². The van der Waals surface area contributed by atoms with Gasteiger partial charge in [0.1, 0.15) is 0 Å². The van der Waals surface area contributed by atoms with E-state index in [-0.39, 0.29) is 0 Å². The minimum Gasteiger partial charge on any atom is -0.303 e. The first-order valence-electron chi connectivity index (χ1n) is 4.16. The molecular weight excluding hydrogens is 200 g/mol. The summed E-state index contributed by atoms with van der Waals surface area (Å²) in [5.41, 5.74) is 7.17. The van der Waals surface area contributed by atoms with E-state index < -0.39 is 0 Å². The van der Waals surface area contributed by atoms with Crippen molar-refractivity contribution < 1.29 is 0 Å². The van der Waals surface area contributed by atoms with Gasteiger partial charge in [-0.25, -0.2) is 15.4 Å². The summed E-state index contributed by atoms with van der Waals surface area (Å²) in [5.74, 6) is 0.535. The molecule has 1 aromatic heterocycles. The van der Waals surface area contributed by atoms with Crippen molar-refractivity contribution >= 4 is 28.5 Å². The quantitative estimate of drug-likeness (QED) is 0.740. The fourth-order valence-electron chi connectivity index (χ4n) is 1.18. The maximum absolute atomic E-state index is 5.91. The van der Waals surface area contributed by atoms with Gasteiger partial charge >= 0.3 is 0 Å². The Hall–Kier alpha value is -1.39. The molecule has 1 heterocycles. The number of hydrogen-bond acceptors (Lipinski definition) is 4. The summed E-state index contributed by atoms with van der Waals surface area (Å²) < 4.78 is 0. The van der Waals surface area contributed by atoms with E-state index >= 15 is 0 Å². The Kier molecular flexibility index (Phi) is 2.47. The highest BCUT2D eigenvalue weighted by Gasteiger charge is 2.04. The summed E-state index contributed by atoms with van der Waals surface area (Å²) in [6.45, 7) is 0. The zero-order valence-corrected chi connectivity index (χ0v) is 8.34. The summed E-state index contributed by atoms with van der Waals surface area (Å²) in [5, 5.41) is 0.359. The molecule has 0 amide bonds. The Morgan fingerprint density at radius 2 is 1.79 bits per heavy atom. The molecular formula is C9H9ClN4. The van der Waals surface area contributed by atoms with Crippen LogP contribution in [0.25, 0.3) is 11.0 Å². The van der Waals surface area contributed by atoms with Crippen LogP contribution in [0.5, 0.6) is 0 Å². The van der Waals surface area contributed by atoms with Crippen molar-refractivity contribution in [2.75, 3.05) is 12.5 Å². The van der Waals surface area contributed by atoms with Crippen molar-refractivity contribution in [3.8, 4) is 0 Å². The molecule has 0 spiro atoms. The molecule has 0 saturated carbocycles. The predicted molar refractivity (Wildman–Crippen MR) is 57.2 cm³/mol. The maximum atomic E-state index is 5.91. The van der Waals surface area contributed by atoms with Gasteiger partial charge in [-0.15, -0.1) is 0 Å². The number of fused-ring (bicyclic) bond motifs is 1.